The lowest BCUT2D eigenvalue weighted by Crippen LogP contribution is -2.29. The molecule has 0 radical (unpaired) electrons. The van der Waals surface area contributed by atoms with Crippen LogP contribution in [0.2, 0.25) is 0 Å². The fourth-order valence-electron chi connectivity index (χ4n) is 2.43. The maximum absolute atomic E-state index is 12.6. The summed E-state index contributed by atoms with van der Waals surface area (Å²) in [6.07, 6.45) is -3.28. The van der Waals surface area contributed by atoms with Crippen molar-refractivity contribution in [2.24, 2.45) is 0 Å². The first-order valence-electron chi connectivity index (χ1n) is 8.15. The molecular weight excluding hydrogens is 419 g/mol. The Hall–Kier alpha value is -2.71. The third-order valence-corrected chi connectivity index (χ3v) is 5.20. The Labute approximate surface area is 162 Å². The maximum atomic E-state index is 12.6. The SMILES string of the molecule is COCCn1cnnc1[C@@H](C)NS(=O)(=O)c1ccc(-c2cc(C(F)(F)F)on2)o1. The van der Waals surface area contributed by atoms with Crippen LogP contribution in [0.4, 0.5) is 13.2 Å². The van der Waals surface area contributed by atoms with E-state index in [1.165, 1.54) is 19.5 Å². The number of hydrogen-bond acceptors (Lipinski definition) is 8. The molecule has 0 unspecified atom stereocenters. The van der Waals surface area contributed by atoms with E-state index in [-0.39, 0.29) is 11.5 Å². The van der Waals surface area contributed by atoms with Crippen LogP contribution >= 0.6 is 0 Å². The number of hydrogen-bond donors (Lipinski definition) is 1. The minimum Gasteiger partial charge on any atom is -0.441 e. The van der Waals surface area contributed by atoms with Gasteiger partial charge in [-0.3, -0.25) is 0 Å². The van der Waals surface area contributed by atoms with Crippen molar-refractivity contribution in [3.63, 3.8) is 0 Å². The molecule has 3 rings (SSSR count). The molecule has 0 aliphatic heterocycles. The zero-order valence-electron chi connectivity index (χ0n) is 15.2. The zero-order valence-corrected chi connectivity index (χ0v) is 16.0. The van der Waals surface area contributed by atoms with Gasteiger partial charge in [-0.25, -0.2) is 8.42 Å². The third-order valence-electron chi connectivity index (χ3n) is 3.79. The van der Waals surface area contributed by atoms with Gasteiger partial charge >= 0.3 is 6.18 Å². The number of halogens is 3. The van der Waals surface area contributed by atoms with Crippen LogP contribution in [0.25, 0.3) is 11.5 Å². The lowest BCUT2D eigenvalue weighted by molar-refractivity contribution is -0.155. The second-order valence-electron chi connectivity index (χ2n) is 5.91. The molecule has 0 aliphatic carbocycles. The Morgan fingerprint density at radius 3 is 2.76 bits per heavy atom. The second-order valence-corrected chi connectivity index (χ2v) is 7.56. The zero-order chi connectivity index (χ0) is 21.2. The van der Waals surface area contributed by atoms with E-state index in [1.54, 1.807) is 11.5 Å². The van der Waals surface area contributed by atoms with E-state index in [0.717, 1.165) is 6.07 Å². The highest BCUT2D eigenvalue weighted by Gasteiger charge is 2.36. The van der Waals surface area contributed by atoms with Crippen LogP contribution in [-0.4, -0.2) is 42.1 Å². The van der Waals surface area contributed by atoms with E-state index in [0.29, 0.717) is 25.0 Å². The quantitative estimate of drug-likeness (QED) is 0.571. The van der Waals surface area contributed by atoms with Crippen LogP contribution < -0.4 is 4.72 Å². The highest BCUT2D eigenvalue weighted by molar-refractivity contribution is 7.89. The smallest absolute Gasteiger partial charge is 0.441 e. The summed E-state index contributed by atoms with van der Waals surface area (Å²) in [5.74, 6) is -1.17. The van der Waals surface area contributed by atoms with Crippen molar-refractivity contribution in [1.82, 2.24) is 24.6 Å². The predicted octanol–water partition coefficient (Wildman–Crippen LogP) is 2.23. The minimum atomic E-state index is -4.72. The van der Waals surface area contributed by atoms with Crippen molar-refractivity contribution in [3.8, 4) is 11.5 Å². The summed E-state index contributed by atoms with van der Waals surface area (Å²) in [5.41, 5.74) is -0.286. The molecule has 3 aromatic heterocycles. The fourth-order valence-corrected chi connectivity index (χ4v) is 3.57. The molecule has 3 heterocycles. The second kappa shape index (κ2) is 7.96. The molecule has 0 aliphatic rings. The van der Waals surface area contributed by atoms with Gasteiger partial charge in [0.15, 0.2) is 11.6 Å². The molecule has 1 N–H and O–H groups in total. The molecule has 0 saturated heterocycles. The lowest BCUT2D eigenvalue weighted by Gasteiger charge is -2.13. The number of alkyl halides is 3. The van der Waals surface area contributed by atoms with Gasteiger partial charge in [-0.2, -0.15) is 17.9 Å². The first-order valence-corrected chi connectivity index (χ1v) is 9.63. The van der Waals surface area contributed by atoms with Crippen LogP contribution in [0.1, 0.15) is 24.6 Å². The van der Waals surface area contributed by atoms with Crippen molar-refractivity contribution < 1.29 is 35.3 Å². The van der Waals surface area contributed by atoms with Crippen molar-refractivity contribution in [2.75, 3.05) is 13.7 Å². The molecule has 29 heavy (non-hydrogen) atoms. The van der Waals surface area contributed by atoms with Crippen LogP contribution in [-0.2, 0) is 27.5 Å². The van der Waals surface area contributed by atoms with Crippen LogP contribution in [0.5, 0.6) is 0 Å². The number of methoxy groups -OCH3 is 1. The molecule has 0 spiro atoms. The Morgan fingerprint density at radius 2 is 2.10 bits per heavy atom. The van der Waals surface area contributed by atoms with Gasteiger partial charge < -0.3 is 18.2 Å². The molecule has 158 valence electrons. The summed E-state index contributed by atoms with van der Waals surface area (Å²) in [4.78, 5) is 0. The van der Waals surface area contributed by atoms with E-state index >= 15 is 0 Å². The number of ether oxygens (including phenoxy) is 1. The van der Waals surface area contributed by atoms with Gasteiger partial charge in [-0.15, -0.1) is 10.2 Å². The molecular formula is C15H16F3N5O5S. The molecule has 10 nitrogen and oxygen atoms in total. The van der Waals surface area contributed by atoms with E-state index in [4.69, 9.17) is 9.15 Å². The monoisotopic (exact) mass is 435 g/mol. The highest BCUT2D eigenvalue weighted by Crippen LogP contribution is 2.33. The number of nitrogens with one attached hydrogen (secondary N) is 1. The first-order chi connectivity index (χ1) is 13.6. The fraction of sp³-hybridized carbons (Fsp3) is 0.400. The van der Waals surface area contributed by atoms with Crippen molar-refractivity contribution in [2.45, 2.75) is 30.8 Å². The van der Waals surface area contributed by atoms with Crippen molar-refractivity contribution in [1.29, 1.82) is 0 Å². The summed E-state index contributed by atoms with van der Waals surface area (Å²) in [6.45, 7) is 2.36. The lowest BCUT2D eigenvalue weighted by atomic mass is 10.3. The molecule has 14 heteroatoms. The number of sulfonamides is 1. The van der Waals surface area contributed by atoms with Gasteiger partial charge in [-0.05, 0) is 19.1 Å². The Bertz CT molecular complexity index is 1070. The average Bonchev–Trinajstić information content (AvgIpc) is 3.38. The minimum absolute atomic E-state index is 0.194. The van der Waals surface area contributed by atoms with E-state index < -0.39 is 33.1 Å². The van der Waals surface area contributed by atoms with E-state index in [1.807, 2.05) is 0 Å². The number of nitrogens with zero attached hydrogens (tertiary/aromatic N) is 4. The Morgan fingerprint density at radius 1 is 1.34 bits per heavy atom. The standard InChI is InChI=1S/C15H16F3N5O5S/c1-9(14-20-19-8-23(14)5-6-26-2)22-29(24,25)13-4-3-11(27-13)10-7-12(28-21-10)15(16,17)18/h3-4,7-9,22H,5-6H2,1-2H3/t9-/m1/s1. The molecule has 0 bridgehead atoms. The normalized spacial score (nSPS) is 13.7. The largest absolute Gasteiger partial charge is 0.452 e. The summed E-state index contributed by atoms with van der Waals surface area (Å²) in [7, 11) is -2.62. The topological polar surface area (TPSA) is 125 Å². The molecule has 1 atom stereocenters. The summed E-state index contributed by atoms with van der Waals surface area (Å²) in [5, 5.41) is 10.4. The van der Waals surface area contributed by atoms with Crippen LogP contribution in [0, 0.1) is 0 Å². The number of furan rings is 1. The van der Waals surface area contributed by atoms with Crippen LogP contribution in [0.3, 0.4) is 0 Å². The van der Waals surface area contributed by atoms with E-state index in [2.05, 4.69) is 24.6 Å². The molecule has 0 amide bonds. The van der Waals surface area contributed by atoms with Gasteiger partial charge in [-0.1, -0.05) is 5.16 Å². The van der Waals surface area contributed by atoms with Gasteiger partial charge in [0.2, 0.25) is 10.9 Å². The Kier molecular flexibility index (Phi) is 5.77. The summed E-state index contributed by atoms with van der Waals surface area (Å²) >= 11 is 0. The van der Waals surface area contributed by atoms with Gasteiger partial charge in [0.05, 0.1) is 12.6 Å². The molecule has 0 saturated carbocycles. The van der Waals surface area contributed by atoms with Gasteiger partial charge in [0.1, 0.15) is 12.0 Å². The predicted molar refractivity (Wildman–Crippen MR) is 89.8 cm³/mol. The van der Waals surface area contributed by atoms with Crippen molar-refractivity contribution in [3.05, 3.63) is 36.1 Å². The summed E-state index contributed by atoms with van der Waals surface area (Å²) in [6, 6.07) is 2.13. The Balaban J connectivity index is 1.77. The summed E-state index contributed by atoms with van der Waals surface area (Å²) < 4.78 is 81.3. The third kappa shape index (κ3) is 4.65. The number of aromatic nitrogens is 4. The van der Waals surface area contributed by atoms with E-state index in [9.17, 15) is 21.6 Å². The molecule has 3 aromatic rings. The van der Waals surface area contributed by atoms with Gasteiger partial charge in [0.25, 0.3) is 10.0 Å². The maximum Gasteiger partial charge on any atom is 0.452 e. The first kappa shape index (κ1) is 21.0. The highest BCUT2D eigenvalue weighted by atomic mass is 32.2. The van der Waals surface area contributed by atoms with Gasteiger partial charge in [0, 0.05) is 19.7 Å². The molecule has 0 aromatic carbocycles. The molecule has 0 fully saturated rings. The van der Waals surface area contributed by atoms with Crippen molar-refractivity contribution >= 4 is 10.0 Å². The number of rotatable bonds is 8. The average molecular weight is 435 g/mol. The van der Waals surface area contributed by atoms with Crippen LogP contribution in [0.15, 0.2) is 38.6 Å².